The average molecular weight is 313 g/mol. The normalized spacial score (nSPS) is 12.0. The molecule has 1 N–H and O–H groups in total. The summed E-state index contributed by atoms with van der Waals surface area (Å²) in [5.41, 5.74) is 2.40. The van der Waals surface area contributed by atoms with Crippen molar-refractivity contribution in [1.82, 2.24) is 9.78 Å². The van der Waals surface area contributed by atoms with Crippen molar-refractivity contribution >= 4 is 11.6 Å². The van der Waals surface area contributed by atoms with Gasteiger partial charge in [-0.1, -0.05) is 25.5 Å². The van der Waals surface area contributed by atoms with Gasteiger partial charge in [-0.2, -0.15) is 5.10 Å². The largest absolute Gasteiger partial charge is 0.324 e. The number of amides is 1. The van der Waals surface area contributed by atoms with Crippen LogP contribution in [0.2, 0.25) is 0 Å². The predicted molar refractivity (Wildman–Crippen MR) is 91.6 cm³/mol. The maximum Gasteiger partial charge on any atom is 0.267 e. The molecule has 0 saturated heterocycles. The first-order valence-electron chi connectivity index (χ1n) is 7.97. The first-order chi connectivity index (χ1) is 11.0. The van der Waals surface area contributed by atoms with Crippen molar-refractivity contribution in [2.24, 2.45) is 0 Å². The monoisotopic (exact) mass is 313 g/mol. The maximum atomic E-state index is 12.3. The summed E-state index contributed by atoms with van der Waals surface area (Å²) in [5, 5.41) is 6.96. The van der Waals surface area contributed by atoms with Gasteiger partial charge in [0.15, 0.2) is 0 Å². The number of hydrogen-bond acceptors (Lipinski definition) is 3. The zero-order valence-electron chi connectivity index (χ0n) is 13.9. The molecule has 1 amide bonds. The minimum Gasteiger partial charge on any atom is -0.324 e. The third-order valence-electron chi connectivity index (χ3n) is 3.75. The summed E-state index contributed by atoms with van der Waals surface area (Å²) in [7, 11) is 0. The van der Waals surface area contributed by atoms with E-state index in [1.165, 1.54) is 16.3 Å². The molecule has 0 aliphatic heterocycles. The average Bonchev–Trinajstić information content (AvgIpc) is 2.55. The molecular formula is C18H23N3O2. The van der Waals surface area contributed by atoms with Crippen molar-refractivity contribution in [2.75, 3.05) is 5.32 Å². The van der Waals surface area contributed by atoms with Crippen LogP contribution in [0.4, 0.5) is 5.69 Å². The minimum atomic E-state index is -0.665. The number of carbonyl (C=O) groups is 1. The van der Waals surface area contributed by atoms with Crippen molar-refractivity contribution in [2.45, 2.75) is 46.1 Å². The van der Waals surface area contributed by atoms with E-state index < -0.39 is 6.04 Å². The molecule has 0 bridgehead atoms. The Morgan fingerprint density at radius 1 is 1.22 bits per heavy atom. The fraction of sp³-hybridized carbons (Fsp3) is 0.389. The zero-order valence-corrected chi connectivity index (χ0v) is 13.9. The van der Waals surface area contributed by atoms with Gasteiger partial charge in [-0.3, -0.25) is 9.59 Å². The SMILES string of the molecule is CCCCc1ccc(NC(=O)C(C)n2nc(C)ccc2=O)cc1. The van der Waals surface area contributed by atoms with E-state index in [1.54, 1.807) is 19.9 Å². The fourth-order valence-corrected chi connectivity index (χ4v) is 2.29. The van der Waals surface area contributed by atoms with Gasteiger partial charge < -0.3 is 5.32 Å². The molecule has 0 spiro atoms. The lowest BCUT2D eigenvalue weighted by Gasteiger charge is -2.14. The number of anilines is 1. The van der Waals surface area contributed by atoms with Gasteiger partial charge in [0.2, 0.25) is 5.91 Å². The van der Waals surface area contributed by atoms with Gasteiger partial charge in [-0.25, -0.2) is 4.68 Å². The molecule has 5 nitrogen and oxygen atoms in total. The van der Waals surface area contributed by atoms with Crippen molar-refractivity contribution in [3.05, 3.63) is 58.0 Å². The van der Waals surface area contributed by atoms with Crippen LogP contribution in [0.25, 0.3) is 0 Å². The number of aromatic nitrogens is 2. The molecule has 2 rings (SSSR count). The molecule has 122 valence electrons. The molecule has 0 saturated carbocycles. The first-order valence-corrected chi connectivity index (χ1v) is 7.97. The van der Waals surface area contributed by atoms with Crippen molar-refractivity contribution in [1.29, 1.82) is 0 Å². The summed E-state index contributed by atoms with van der Waals surface area (Å²) in [6.45, 7) is 5.62. The molecule has 23 heavy (non-hydrogen) atoms. The highest BCUT2D eigenvalue weighted by molar-refractivity contribution is 5.93. The lowest BCUT2D eigenvalue weighted by molar-refractivity contribution is -0.119. The first kappa shape index (κ1) is 16.9. The predicted octanol–water partition coefficient (Wildman–Crippen LogP) is 3.09. The lowest BCUT2D eigenvalue weighted by Crippen LogP contribution is -2.33. The van der Waals surface area contributed by atoms with Crippen LogP contribution in [-0.4, -0.2) is 15.7 Å². The van der Waals surface area contributed by atoms with Gasteiger partial charge in [0, 0.05) is 11.8 Å². The third kappa shape index (κ3) is 4.52. The molecule has 1 aromatic heterocycles. The van der Waals surface area contributed by atoms with Crippen molar-refractivity contribution < 1.29 is 4.79 Å². The third-order valence-corrected chi connectivity index (χ3v) is 3.75. The lowest BCUT2D eigenvalue weighted by atomic mass is 10.1. The molecule has 0 radical (unpaired) electrons. The molecule has 1 atom stereocenters. The number of hydrogen-bond donors (Lipinski definition) is 1. The minimum absolute atomic E-state index is 0.258. The summed E-state index contributed by atoms with van der Waals surface area (Å²) < 4.78 is 1.21. The summed E-state index contributed by atoms with van der Waals surface area (Å²) >= 11 is 0. The Bertz CT molecular complexity index is 720. The quantitative estimate of drug-likeness (QED) is 0.891. The van der Waals surface area contributed by atoms with Crippen LogP contribution >= 0.6 is 0 Å². The number of nitrogens with zero attached hydrogens (tertiary/aromatic N) is 2. The second-order valence-corrected chi connectivity index (χ2v) is 5.72. The molecule has 0 aliphatic carbocycles. The fourth-order valence-electron chi connectivity index (χ4n) is 2.29. The number of rotatable bonds is 6. The molecular weight excluding hydrogens is 290 g/mol. The van der Waals surface area contributed by atoms with E-state index in [-0.39, 0.29) is 11.5 Å². The zero-order chi connectivity index (χ0) is 16.8. The molecule has 1 aromatic carbocycles. The Labute approximate surface area is 136 Å². The summed E-state index contributed by atoms with van der Waals surface area (Å²) in [5.74, 6) is -0.258. The molecule has 1 unspecified atom stereocenters. The van der Waals surface area contributed by atoms with Crippen LogP contribution in [0.15, 0.2) is 41.2 Å². The van der Waals surface area contributed by atoms with Crippen LogP contribution in [0.3, 0.4) is 0 Å². The highest BCUT2D eigenvalue weighted by atomic mass is 16.2. The van der Waals surface area contributed by atoms with Gasteiger partial charge in [0.1, 0.15) is 6.04 Å². The Morgan fingerprint density at radius 2 is 1.91 bits per heavy atom. The van der Waals surface area contributed by atoms with Crippen molar-refractivity contribution in [3.8, 4) is 0 Å². The Hall–Kier alpha value is -2.43. The second-order valence-electron chi connectivity index (χ2n) is 5.72. The van der Waals surface area contributed by atoms with E-state index in [0.717, 1.165) is 24.9 Å². The van der Waals surface area contributed by atoms with Crippen LogP contribution in [0.5, 0.6) is 0 Å². The van der Waals surface area contributed by atoms with Gasteiger partial charge in [-0.05, 0) is 50.5 Å². The number of unbranched alkanes of at least 4 members (excludes halogenated alkanes) is 1. The topological polar surface area (TPSA) is 64.0 Å². The molecule has 5 heteroatoms. The summed E-state index contributed by atoms with van der Waals surface area (Å²) in [6, 6.07) is 10.2. The summed E-state index contributed by atoms with van der Waals surface area (Å²) in [4.78, 5) is 24.2. The van der Waals surface area contributed by atoms with Crippen LogP contribution in [-0.2, 0) is 11.2 Å². The molecule has 2 aromatic rings. The number of aryl methyl sites for hydroxylation is 2. The molecule has 1 heterocycles. The van der Waals surface area contributed by atoms with Crippen molar-refractivity contribution in [3.63, 3.8) is 0 Å². The van der Waals surface area contributed by atoms with Crippen LogP contribution in [0.1, 0.15) is 44.0 Å². The van der Waals surface area contributed by atoms with E-state index in [4.69, 9.17) is 0 Å². The van der Waals surface area contributed by atoms with Crippen LogP contribution in [0, 0.1) is 6.92 Å². The summed E-state index contributed by atoms with van der Waals surface area (Å²) in [6.07, 6.45) is 3.36. The smallest absolute Gasteiger partial charge is 0.267 e. The highest BCUT2D eigenvalue weighted by Crippen LogP contribution is 2.13. The second kappa shape index (κ2) is 7.72. The Balaban J connectivity index is 2.06. The number of benzene rings is 1. The van der Waals surface area contributed by atoms with Gasteiger partial charge in [0.25, 0.3) is 5.56 Å². The molecule has 0 aliphatic rings. The van der Waals surface area contributed by atoms with E-state index in [1.807, 2.05) is 24.3 Å². The van der Waals surface area contributed by atoms with Gasteiger partial charge in [0.05, 0.1) is 5.69 Å². The highest BCUT2D eigenvalue weighted by Gasteiger charge is 2.17. The Morgan fingerprint density at radius 3 is 2.57 bits per heavy atom. The number of nitrogens with one attached hydrogen (secondary N) is 1. The van der Waals surface area contributed by atoms with Gasteiger partial charge >= 0.3 is 0 Å². The van der Waals surface area contributed by atoms with Gasteiger partial charge in [-0.15, -0.1) is 0 Å². The van der Waals surface area contributed by atoms with E-state index in [2.05, 4.69) is 17.3 Å². The standard InChI is InChI=1S/C18H23N3O2/c1-4-5-6-15-8-10-16(11-9-15)19-18(23)14(3)21-17(22)12-7-13(2)20-21/h7-12,14H,4-6H2,1-3H3,(H,19,23). The van der Waals surface area contributed by atoms with E-state index in [0.29, 0.717) is 5.69 Å². The van der Waals surface area contributed by atoms with Crippen LogP contribution < -0.4 is 10.9 Å². The Kier molecular flexibility index (Phi) is 5.68. The van der Waals surface area contributed by atoms with E-state index >= 15 is 0 Å². The maximum absolute atomic E-state index is 12.3. The molecule has 0 fully saturated rings. The number of carbonyl (C=O) groups excluding carboxylic acids is 1. The van der Waals surface area contributed by atoms with E-state index in [9.17, 15) is 9.59 Å².